The minimum Gasteiger partial charge on any atom is -0.391 e. The first-order valence-electron chi connectivity index (χ1n) is 6.46. The summed E-state index contributed by atoms with van der Waals surface area (Å²) in [6.07, 6.45) is 6.36. The maximum atomic E-state index is 9.41. The lowest BCUT2D eigenvalue weighted by molar-refractivity contribution is 0.280. The molecule has 0 aromatic carbocycles. The van der Waals surface area contributed by atoms with Crippen molar-refractivity contribution in [2.24, 2.45) is 5.92 Å². The van der Waals surface area contributed by atoms with Gasteiger partial charge in [-0.1, -0.05) is 31.4 Å². The van der Waals surface area contributed by atoms with E-state index in [1.807, 2.05) is 7.05 Å². The highest BCUT2D eigenvalue weighted by Gasteiger charge is 2.25. The zero-order chi connectivity index (χ0) is 13.1. The average molecular weight is 270 g/mol. The molecule has 1 heterocycles. The number of aliphatic hydroxyl groups excluding tert-OH is 1. The molecular formula is C13H20ClN3O. The summed E-state index contributed by atoms with van der Waals surface area (Å²) in [5.41, 5.74) is 0.625. The summed E-state index contributed by atoms with van der Waals surface area (Å²) >= 11 is 6.00. The number of hydrogen-bond acceptors (Lipinski definition) is 4. The second-order valence-corrected chi connectivity index (χ2v) is 5.52. The highest BCUT2D eigenvalue weighted by atomic mass is 35.5. The van der Waals surface area contributed by atoms with E-state index in [9.17, 15) is 5.11 Å². The van der Waals surface area contributed by atoms with Crippen LogP contribution in [0.2, 0.25) is 5.15 Å². The average Bonchev–Trinajstić information content (AvgIpc) is 2.37. The minimum absolute atomic E-state index is 0.123. The summed E-state index contributed by atoms with van der Waals surface area (Å²) in [6, 6.07) is 0.477. The molecule has 2 rings (SSSR count). The molecule has 0 bridgehead atoms. The van der Waals surface area contributed by atoms with Crippen molar-refractivity contribution in [3.8, 4) is 0 Å². The maximum Gasteiger partial charge on any atom is 0.140 e. The van der Waals surface area contributed by atoms with E-state index in [4.69, 9.17) is 11.6 Å². The fourth-order valence-corrected chi connectivity index (χ4v) is 2.94. The molecule has 1 N–H and O–H groups in total. The Hall–Kier alpha value is -0.870. The molecular weight excluding hydrogens is 250 g/mol. The maximum absolute atomic E-state index is 9.41. The molecule has 5 heteroatoms. The molecule has 1 aliphatic rings. The van der Waals surface area contributed by atoms with Gasteiger partial charge in [-0.2, -0.15) is 0 Å². The van der Waals surface area contributed by atoms with E-state index in [0.29, 0.717) is 16.8 Å². The van der Waals surface area contributed by atoms with E-state index < -0.39 is 0 Å². The van der Waals surface area contributed by atoms with Gasteiger partial charge in [-0.25, -0.2) is 9.97 Å². The molecule has 2 atom stereocenters. The van der Waals surface area contributed by atoms with Crippen molar-refractivity contribution in [1.29, 1.82) is 0 Å². The van der Waals surface area contributed by atoms with Gasteiger partial charge in [-0.15, -0.1) is 0 Å². The van der Waals surface area contributed by atoms with Gasteiger partial charge in [0, 0.05) is 13.1 Å². The van der Waals surface area contributed by atoms with Gasteiger partial charge in [0.2, 0.25) is 0 Å². The lowest BCUT2D eigenvalue weighted by Crippen LogP contribution is -2.36. The van der Waals surface area contributed by atoms with Gasteiger partial charge in [-0.3, -0.25) is 0 Å². The van der Waals surface area contributed by atoms with Crippen molar-refractivity contribution >= 4 is 17.4 Å². The third kappa shape index (κ3) is 2.75. The van der Waals surface area contributed by atoms with Crippen LogP contribution in [0.15, 0.2) is 6.33 Å². The third-order valence-electron chi connectivity index (χ3n) is 3.82. The Kier molecular flexibility index (Phi) is 4.40. The van der Waals surface area contributed by atoms with Crippen LogP contribution in [-0.4, -0.2) is 28.2 Å². The fourth-order valence-electron chi connectivity index (χ4n) is 2.75. The first kappa shape index (κ1) is 13.6. The van der Waals surface area contributed by atoms with Gasteiger partial charge < -0.3 is 10.0 Å². The largest absolute Gasteiger partial charge is 0.391 e. The Labute approximate surface area is 113 Å². The van der Waals surface area contributed by atoms with Gasteiger partial charge in [-0.05, 0) is 18.8 Å². The number of nitrogens with zero attached hydrogens (tertiary/aromatic N) is 3. The molecule has 100 valence electrons. The van der Waals surface area contributed by atoms with Crippen molar-refractivity contribution in [2.75, 3.05) is 11.9 Å². The Bertz CT molecular complexity index is 413. The molecule has 1 aromatic rings. The molecule has 0 aliphatic heterocycles. The van der Waals surface area contributed by atoms with Gasteiger partial charge in [0.25, 0.3) is 0 Å². The fraction of sp³-hybridized carbons (Fsp3) is 0.692. The molecule has 1 aromatic heterocycles. The molecule has 0 saturated heterocycles. The van der Waals surface area contributed by atoms with Crippen LogP contribution in [-0.2, 0) is 6.61 Å². The molecule has 0 radical (unpaired) electrons. The molecule has 0 amide bonds. The van der Waals surface area contributed by atoms with Crippen LogP contribution in [0.1, 0.15) is 38.2 Å². The number of rotatable bonds is 3. The summed E-state index contributed by atoms with van der Waals surface area (Å²) in [5.74, 6) is 1.51. The predicted octanol–water partition coefficient (Wildman–Crippen LogP) is 2.64. The standard InChI is InChI=1S/C13H20ClN3O/c1-9-4-3-5-10(6-9)17(2)13-11(7-18)12(14)15-8-16-13/h8-10,18H,3-7H2,1-2H3. The Morgan fingerprint density at radius 1 is 1.44 bits per heavy atom. The van der Waals surface area contributed by atoms with Gasteiger partial charge in [0.15, 0.2) is 0 Å². The number of halogens is 1. The van der Waals surface area contributed by atoms with E-state index in [-0.39, 0.29) is 6.61 Å². The second kappa shape index (κ2) is 5.85. The van der Waals surface area contributed by atoms with Crippen LogP contribution in [0.3, 0.4) is 0 Å². The minimum atomic E-state index is -0.123. The number of anilines is 1. The number of aliphatic hydroxyl groups is 1. The predicted molar refractivity (Wildman–Crippen MR) is 72.8 cm³/mol. The summed E-state index contributed by atoms with van der Waals surface area (Å²) < 4.78 is 0. The van der Waals surface area contributed by atoms with E-state index in [1.54, 1.807) is 0 Å². The van der Waals surface area contributed by atoms with Crippen LogP contribution in [0.4, 0.5) is 5.82 Å². The van der Waals surface area contributed by atoms with E-state index in [1.165, 1.54) is 32.0 Å². The van der Waals surface area contributed by atoms with E-state index in [2.05, 4.69) is 21.8 Å². The van der Waals surface area contributed by atoms with E-state index >= 15 is 0 Å². The quantitative estimate of drug-likeness (QED) is 0.857. The van der Waals surface area contributed by atoms with Crippen molar-refractivity contribution < 1.29 is 5.11 Å². The van der Waals surface area contributed by atoms with E-state index in [0.717, 1.165) is 11.7 Å². The summed E-state index contributed by atoms with van der Waals surface area (Å²) in [7, 11) is 2.03. The Balaban J connectivity index is 2.22. The first-order chi connectivity index (χ1) is 8.63. The van der Waals surface area contributed by atoms with Gasteiger partial charge in [0.1, 0.15) is 17.3 Å². The van der Waals surface area contributed by atoms with Crippen LogP contribution in [0.5, 0.6) is 0 Å². The summed E-state index contributed by atoms with van der Waals surface area (Å²) in [6.45, 7) is 2.17. The number of hydrogen-bond donors (Lipinski definition) is 1. The van der Waals surface area contributed by atoms with Crippen molar-refractivity contribution in [3.05, 3.63) is 17.0 Å². The molecule has 1 fully saturated rings. The van der Waals surface area contributed by atoms with Crippen molar-refractivity contribution in [3.63, 3.8) is 0 Å². The smallest absolute Gasteiger partial charge is 0.140 e. The van der Waals surface area contributed by atoms with Crippen LogP contribution in [0, 0.1) is 5.92 Å². The monoisotopic (exact) mass is 269 g/mol. The molecule has 1 saturated carbocycles. The third-order valence-corrected chi connectivity index (χ3v) is 4.14. The van der Waals surface area contributed by atoms with Crippen LogP contribution >= 0.6 is 11.6 Å². The summed E-state index contributed by atoms with van der Waals surface area (Å²) in [4.78, 5) is 10.3. The first-order valence-corrected chi connectivity index (χ1v) is 6.84. The van der Waals surface area contributed by atoms with Gasteiger partial charge in [0.05, 0.1) is 12.2 Å². The number of aromatic nitrogens is 2. The van der Waals surface area contributed by atoms with Crippen LogP contribution < -0.4 is 4.90 Å². The topological polar surface area (TPSA) is 49.2 Å². The van der Waals surface area contributed by atoms with Crippen molar-refractivity contribution in [2.45, 2.75) is 45.3 Å². The molecule has 2 unspecified atom stereocenters. The highest BCUT2D eigenvalue weighted by molar-refractivity contribution is 6.30. The zero-order valence-corrected chi connectivity index (χ0v) is 11.7. The Morgan fingerprint density at radius 2 is 2.22 bits per heavy atom. The lowest BCUT2D eigenvalue weighted by Gasteiger charge is -2.35. The SMILES string of the molecule is CC1CCCC(N(C)c2ncnc(Cl)c2CO)C1. The highest BCUT2D eigenvalue weighted by Crippen LogP contribution is 2.31. The Morgan fingerprint density at radius 3 is 2.89 bits per heavy atom. The lowest BCUT2D eigenvalue weighted by atomic mass is 9.86. The second-order valence-electron chi connectivity index (χ2n) is 5.16. The zero-order valence-electron chi connectivity index (χ0n) is 10.9. The molecule has 18 heavy (non-hydrogen) atoms. The normalized spacial score (nSPS) is 24.0. The van der Waals surface area contributed by atoms with Crippen LogP contribution in [0.25, 0.3) is 0 Å². The molecule has 4 nitrogen and oxygen atoms in total. The van der Waals surface area contributed by atoms with Gasteiger partial charge >= 0.3 is 0 Å². The molecule has 1 aliphatic carbocycles. The molecule has 0 spiro atoms. The summed E-state index contributed by atoms with van der Waals surface area (Å²) in [5, 5.41) is 9.75. The van der Waals surface area contributed by atoms with Crippen molar-refractivity contribution in [1.82, 2.24) is 9.97 Å².